The molecule has 30 heavy (non-hydrogen) atoms. The summed E-state index contributed by atoms with van der Waals surface area (Å²) in [5.74, 6) is 0.815. The molecule has 3 aliphatic heterocycles. The van der Waals surface area contributed by atoms with Gasteiger partial charge in [0.1, 0.15) is 5.56 Å². The van der Waals surface area contributed by atoms with Crippen LogP contribution in [0.25, 0.3) is 0 Å². The number of aromatic nitrogens is 1. The van der Waals surface area contributed by atoms with Gasteiger partial charge in [-0.2, -0.15) is 0 Å². The van der Waals surface area contributed by atoms with E-state index in [1.807, 2.05) is 4.57 Å². The molecule has 0 spiro atoms. The number of carbonyl (C=O) groups is 1. The predicted octanol–water partition coefficient (Wildman–Crippen LogP) is 2.85. The molecule has 6 heteroatoms. The van der Waals surface area contributed by atoms with Crippen molar-refractivity contribution in [1.82, 2.24) is 14.4 Å². The summed E-state index contributed by atoms with van der Waals surface area (Å²) in [5, 5.41) is 0. The number of fused-ring (bicyclic) bond motifs is 4. The highest BCUT2D eigenvalue weighted by Gasteiger charge is 2.37. The van der Waals surface area contributed by atoms with Gasteiger partial charge in [-0.05, 0) is 43.7 Å². The Balaban J connectivity index is 1.37. The van der Waals surface area contributed by atoms with Crippen LogP contribution in [0.5, 0.6) is 0 Å². The zero-order valence-electron chi connectivity index (χ0n) is 18.1. The second-order valence-electron chi connectivity index (χ2n) is 9.74. The first-order valence-electron chi connectivity index (χ1n) is 12.1. The van der Waals surface area contributed by atoms with Crippen LogP contribution in [0, 0.1) is 5.92 Å². The second-order valence-corrected chi connectivity index (χ2v) is 9.74. The van der Waals surface area contributed by atoms with E-state index in [2.05, 4.69) is 11.0 Å². The van der Waals surface area contributed by atoms with E-state index in [0.29, 0.717) is 43.7 Å². The fourth-order valence-corrected chi connectivity index (χ4v) is 6.19. The van der Waals surface area contributed by atoms with Gasteiger partial charge in [0.15, 0.2) is 0 Å². The molecular formula is C24H35N3O3. The molecule has 3 fully saturated rings. The molecule has 164 valence electrons. The lowest BCUT2D eigenvalue weighted by atomic mass is 9.82. The number of likely N-dealkylation sites (tertiary alicyclic amines) is 1. The zero-order valence-corrected chi connectivity index (χ0v) is 18.1. The molecule has 0 N–H and O–H groups in total. The van der Waals surface area contributed by atoms with Crippen molar-refractivity contribution in [2.75, 3.05) is 39.4 Å². The number of hydrogen-bond acceptors (Lipinski definition) is 4. The molecule has 1 saturated carbocycles. The lowest BCUT2D eigenvalue weighted by Crippen LogP contribution is -2.51. The third-order valence-corrected chi connectivity index (χ3v) is 7.71. The standard InChI is InChI=1S/C24H35N3O3/c28-23(25-10-5-12-30-13-11-25)21-8-9-22-19-14-18(16-27(22)24(21)29)15-26(17-19)20-6-3-1-2-4-7-20/h8-9,18-20H,1-7,10-17H2/t18-,19+/m0/s1. The van der Waals surface area contributed by atoms with E-state index in [0.717, 1.165) is 37.8 Å². The fraction of sp³-hybridized carbons (Fsp3) is 0.750. The van der Waals surface area contributed by atoms with Gasteiger partial charge in [-0.1, -0.05) is 25.7 Å². The summed E-state index contributed by atoms with van der Waals surface area (Å²) in [5.41, 5.74) is 1.40. The van der Waals surface area contributed by atoms with Crippen LogP contribution in [0.2, 0.25) is 0 Å². The van der Waals surface area contributed by atoms with E-state index in [1.54, 1.807) is 11.0 Å². The Morgan fingerprint density at radius 3 is 2.60 bits per heavy atom. The van der Waals surface area contributed by atoms with Crippen molar-refractivity contribution in [3.05, 3.63) is 33.7 Å². The molecule has 1 amide bonds. The fourth-order valence-electron chi connectivity index (χ4n) is 6.19. The largest absolute Gasteiger partial charge is 0.380 e. The van der Waals surface area contributed by atoms with E-state index >= 15 is 0 Å². The van der Waals surface area contributed by atoms with Crippen LogP contribution in [-0.2, 0) is 11.3 Å². The van der Waals surface area contributed by atoms with E-state index < -0.39 is 0 Å². The molecule has 5 rings (SSSR count). The first-order chi connectivity index (χ1) is 14.7. The number of pyridine rings is 1. The molecule has 0 unspecified atom stereocenters. The number of piperidine rings is 1. The predicted molar refractivity (Wildman–Crippen MR) is 116 cm³/mol. The number of hydrogen-bond donors (Lipinski definition) is 0. The van der Waals surface area contributed by atoms with Crippen molar-refractivity contribution >= 4 is 5.91 Å². The average Bonchev–Trinajstić information content (AvgIpc) is 3.19. The minimum Gasteiger partial charge on any atom is -0.380 e. The highest BCUT2D eigenvalue weighted by Crippen LogP contribution is 2.37. The summed E-state index contributed by atoms with van der Waals surface area (Å²) in [6.07, 6.45) is 10.2. The normalized spacial score (nSPS) is 28.5. The lowest BCUT2D eigenvalue weighted by molar-refractivity contribution is 0.0714. The first kappa shape index (κ1) is 20.3. The van der Waals surface area contributed by atoms with E-state index in [4.69, 9.17) is 4.74 Å². The number of nitrogens with zero attached hydrogens (tertiary/aromatic N) is 3. The molecule has 2 bridgehead atoms. The van der Waals surface area contributed by atoms with Crippen molar-refractivity contribution in [1.29, 1.82) is 0 Å². The lowest BCUT2D eigenvalue weighted by Gasteiger charge is -2.46. The molecule has 2 saturated heterocycles. The van der Waals surface area contributed by atoms with Crippen LogP contribution < -0.4 is 5.56 Å². The molecule has 0 radical (unpaired) electrons. The smallest absolute Gasteiger partial charge is 0.263 e. The van der Waals surface area contributed by atoms with Crippen LogP contribution >= 0.6 is 0 Å². The Morgan fingerprint density at radius 2 is 1.77 bits per heavy atom. The van der Waals surface area contributed by atoms with Gasteiger partial charge in [-0.15, -0.1) is 0 Å². The van der Waals surface area contributed by atoms with Gasteiger partial charge in [0, 0.05) is 57.0 Å². The summed E-state index contributed by atoms with van der Waals surface area (Å²) in [6, 6.07) is 4.59. The summed E-state index contributed by atoms with van der Waals surface area (Å²) in [4.78, 5) is 30.9. The van der Waals surface area contributed by atoms with Crippen LogP contribution in [0.1, 0.15) is 73.3 Å². The Kier molecular flexibility index (Phi) is 5.96. The maximum absolute atomic E-state index is 13.3. The van der Waals surface area contributed by atoms with Crippen molar-refractivity contribution in [2.24, 2.45) is 5.92 Å². The summed E-state index contributed by atoms with van der Waals surface area (Å²) >= 11 is 0. The van der Waals surface area contributed by atoms with Crippen molar-refractivity contribution in [2.45, 2.75) is 69.9 Å². The highest BCUT2D eigenvalue weighted by atomic mass is 16.5. The van der Waals surface area contributed by atoms with E-state index in [9.17, 15) is 9.59 Å². The van der Waals surface area contributed by atoms with Gasteiger partial charge in [-0.3, -0.25) is 14.5 Å². The van der Waals surface area contributed by atoms with Crippen LogP contribution in [0.4, 0.5) is 0 Å². The zero-order chi connectivity index (χ0) is 20.5. The number of rotatable bonds is 2. The number of carbonyl (C=O) groups excluding carboxylic acids is 1. The van der Waals surface area contributed by atoms with Gasteiger partial charge in [0.25, 0.3) is 11.5 Å². The van der Waals surface area contributed by atoms with Crippen LogP contribution in [-0.4, -0.2) is 65.7 Å². The number of ether oxygens (including phenoxy) is 1. The maximum Gasteiger partial charge on any atom is 0.263 e. The molecule has 0 aromatic carbocycles. The molecule has 1 aromatic heterocycles. The highest BCUT2D eigenvalue weighted by molar-refractivity contribution is 5.94. The van der Waals surface area contributed by atoms with Gasteiger partial charge in [0.2, 0.25) is 0 Å². The topological polar surface area (TPSA) is 54.8 Å². The van der Waals surface area contributed by atoms with Gasteiger partial charge in [-0.25, -0.2) is 0 Å². The van der Waals surface area contributed by atoms with Crippen molar-refractivity contribution in [3.8, 4) is 0 Å². The summed E-state index contributed by atoms with van der Waals surface area (Å²) in [6.45, 7) is 5.42. The molecule has 1 aromatic rings. The molecule has 6 nitrogen and oxygen atoms in total. The quantitative estimate of drug-likeness (QED) is 0.700. The molecule has 1 aliphatic carbocycles. The summed E-state index contributed by atoms with van der Waals surface area (Å²) in [7, 11) is 0. The minimum absolute atomic E-state index is 0.0831. The van der Waals surface area contributed by atoms with E-state index in [1.165, 1.54) is 44.9 Å². The number of amides is 1. The van der Waals surface area contributed by atoms with Gasteiger partial charge >= 0.3 is 0 Å². The Labute approximate surface area is 179 Å². The first-order valence-corrected chi connectivity index (χ1v) is 12.1. The Bertz CT molecular complexity index is 819. The van der Waals surface area contributed by atoms with Gasteiger partial charge < -0.3 is 14.2 Å². The molecule has 2 atom stereocenters. The Morgan fingerprint density at radius 1 is 0.933 bits per heavy atom. The minimum atomic E-state index is -0.128. The van der Waals surface area contributed by atoms with Crippen molar-refractivity contribution < 1.29 is 9.53 Å². The summed E-state index contributed by atoms with van der Waals surface area (Å²) < 4.78 is 7.40. The van der Waals surface area contributed by atoms with E-state index in [-0.39, 0.29) is 11.5 Å². The molecule has 4 heterocycles. The average molecular weight is 414 g/mol. The third kappa shape index (κ3) is 3.96. The third-order valence-electron chi connectivity index (χ3n) is 7.71. The van der Waals surface area contributed by atoms with Crippen molar-refractivity contribution in [3.63, 3.8) is 0 Å². The van der Waals surface area contributed by atoms with Crippen LogP contribution in [0.15, 0.2) is 16.9 Å². The maximum atomic E-state index is 13.3. The van der Waals surface area contributed by atoms with Gasteiger partial charge in [0.05, 0.1) is 6.61 Å². The second kappa shape index (κ2) is 8.83. The monoisotopic (exact) mass is 413 g/mol. The van der Waals surface area contributed by atoms with Crippen LogP contribution in [0.3, 0.4) is 0 Å². The Hall–Kier alpha value is -1.66. The SMILES string of the molecule is O=C(c1ccc2n(c1=O)C[C@H]1C[C@@H]2CN(C2CCCCCC2)C1)N1CCCOCC1. The molecule has 4 aliphatic rings. The molecular weight excluding hydrogens is 378 g/mol.